The van der Waals surface area contributed by atoms with Crippen LogP contribution in [-0.4, -0.2) is 42.8 Å². The molecular formula is C20H33N3O4Si. The Morgan fingerprint density at radius 3 is 2.57 bits per heavy atom. The Bertz CT molecular complexity index is 673. The molecule has 1 saturated heterocycles. The quantitative estimate of drug-likeness (QED) is 0.564. The van der Waals surface area contributed by atoms with E-state index in [-0.39, 0.29) is 24.4 Å². The molecule has 1 aliphatic heterocycles. The van der Waals surface area contributed by atoms with E-state index in [1.54, 1.807) is 12.4 Å². The zero-order chi connectivity index (χ0) is 20.3. The maximum Gasteiger partial charge on any atom is 0.404 e. The van der Waals surface area contributed by atoms with Crippen LogP contribution >= 0.6 is 0 Å². The van der Waals surface area contributed by atoms with Gasteiger partial charge in [0.05, 0.1) is 36.2 Å². The highest BCUT2D eigenvalue weighted by atomic mass is 28.4. The van der Waals surface area contributed by atoms with Crippen molar-refractivity contribution in [1.82, 2.24) is 10.3 Å². The number of pyridine rings is 1. The van der Waals surface area contributed by atoms with Gasteiger partial charge >= 0.3 is 6.09 Å². The third-order valence-corrected chi connectivity index (χ3v) is 11.1. The standard InChI is InChI=1S/C20H33N3O4Si/c1-4-28(5-2,6-3)27-19-16(23-20(24)25)11-17(26-18(19)13-7-8-13)14-9-10-22-12-15(14)21/h9-10,12-13,16-19,23H,4-8,11,21H2,1-3H3,(H,24,25)/t16-,17-,18-,19+/m1/s1. The topological polar surface area (TPSA) is 107 Å². The molecule has 1 saturated carbocycles. The molecular weight excluding hydrogens is 374 g/mol. The number of anilines is 1. The van der Waals surface area contributed by atoms with Crippen molar-refractivity contribution >= 4 is 20.1 Å². The Balaban J connectivity index is 1.91. The van der Waals surface area contributed by atoms with Gasteiger partial charge in [0.25, 0.3) is 0 Å². The molecule has 2 heterocycles. The fraction of sp³-hybridized carbons (Fsp3) is 0.700. The van der Waals surface area contributed by atoms with E-state index in [1.165, 1.54) is 0 Å². The van der Waals surface area contributed by atoms with Crippen molar-refractivity contribution in [2.24, 2.45) is 5.92 Å². The molecule has 0 aromatic carbocycles. The van der Waals surface area contributed by atoms with Gasteiger partial charge in [0.15, 0.2) is 8.32 Å². The second-order valence-electron chi connectivity index (χ2n) is 8.05. The van der Waals surface area contributed by atoms with Gasteiger partial charge in [-0.3, -0.25) is 4.98 Å². The van der Waals surface area contributed by atoms with Crippen molar-refractivity contribution in [3.05, 3.63) is 24.0 Å². The number of nitrogens with one attached hydrogen (secondary N) is 1. The highest BCUT2D eigenvalue weighted by Crippen LogP contribution is 2.46. The molecule has 3 rings (SSSR count). The molecule has 0 unspecified atom stereocenters. The molecule has 4 atom stereocenters. The molecule has 1 aromatic rings. The van der Waals surface area contributed by atoms with Crippen LogP contribution in [0.4, 0.5) is 10.5 Å². The van der Waals surface area contributed by atoms with Gasteiger partial charge in [-0.25, -0.2) is 4.79 Å². The molecule has 0 bridgehead atoms. The summed E-state index contributed by atoms with van der Waals surface area (Å²) >= 11 is 0. The molecule has 7 nitrogen and oxygen atoms in total. The predicted molar refractivity (Wildman–Crippen MR) is 111 cm³/mol. The zero-order valence-corrected chi connectivity index (χ0v) is 18.1. The number of carboxylic acid groups (broad SMARTS) is 1. The van der Waals surface area contributed by atoms with Gasteiger partial charge in [-0.1, -0.05) is 20.8 Å². The lowest BCUT2D eigenvalue weighted by Crippen LogP contribution is -2.59. The maximum absolute atomic E-state index is 11.6. The summed E-state index contributed by atoms with van der Waals surface area (Å²) in [6, 6.07) is 4.62. The first-order valence-corrected chi connectivity index (χ1v) is 13.0. The number of carbonyl (C=O) groups is 1. The van der Waals surface area contributed by atoms with Crippen molar-refractivity contribution in [2.45, 2.75) is 82.5 Å². The van der Waals surface area contributed by atoms with Gasteiger partial charge in [-0.15, -0.1) is 0 Å². The third-order valence-electron chi connectivity index (χ3n) is 6.46. The van der Waals surface area contributed by atoms with E-state index < -0.39 is 14.4 Å². The molecule has 1 amide bonds. The molecule has 0 spiro atoms. The summed E-state index contributed by atoms with van der Waals surface area (Å²) in [4.78, 5) is 15.6. The maximum atomic E-state index is 11.6. The minimum Gasteiger partial charge on any atom is -0.465 e. The number of amides is 1. The van der Waals surface area contributed by atoms with Crippen LogP contribution in [0.3, 0.4) is 0 Å². The average Bonchev–Trinajstić information content (AvgIpc) is 3.52. The van der Waals surface area contributed by atoms with Crippen molar-refractivity contribution < 1.29 is 19.1 Å². The van der Waals surface area contributed by atoms with E-state index in [2.05, 4.69) is 31.1 Å². The van der Waals surface area contributed by atoms with Gasteiger partial charge in [0, 0.05) is 18.2 Å². The molecule has 2 fully saturated rings. The van der Waals surface area contributed by atoms with Gasteiger partial charge in [0.1, 0.15) is 0 Å². The molecule has 28 heavy (non-hydrogen) atoms. The predicted octanol–water partition coefficient (Wildman–Crippen LogP) is 3.93. The third kappa shape index (κ3) is 4.50. The average molecular weight is 408 g/mol. The molecule has 0 radical (unpaired) electrons. The molecule has 8 heteroatoms. The lowest BCUT2D eigenvalue weighted by molar-refractivity contribution is -0.135. The largest absolute Gasteiger partial charge is 0.465 e. The number of hydrogen-bond acceptors (Lipinski definition) is 5. The van der Waals surface area contributed by atoms with E-state index in [4.69, 9.17) is 14.9 Å². The van der Waals surface area contributed by atoms with E-state index in [9.17, 15) is 9.90 Å². The molecule has 1 aliphatic carbocycles. The Morgan fingerprint density at radius 2 is 2.04 bits per heavy atom. The normalized spacial score (nSPS) is 28.1. The van der Waals surface area contributed by atoms with Crippen LogP contribution in [0.15, 0.2) is 18.5 Å². The first-order chi connectivity index (χ1) is 13.4. The van der Waals surface area contributed by atoms with Crippen LogP contribution in [-0.2, 0) is 9.16 Å². The number of nitrogens with two attached hydrogens (primary N) is 1. The number of nitrogens with zero attached hydrogens (tertiary/aromatic N) is 1. The summed E-state index contributed by atoms with van der Waals surface area (Å²) in [5, 5.41) is 12.2. The van der Waals surface area contributed by atoms with Crippen LogP contribution < -0.4 is 11.1 Å². The van der Waals surface area contributed by atoms with E-state index in [0.717, 1.165) is 36.5 Å². The minimum absolute atomic E-state index is 0.111. The molecule has 2 aliphatic rings. The highest BCUT2D eigenvalue weighted by molar-refractivity contribution is 6.73. The Labute approximate surface area is 168 Å². The minimum atomic E-state index is -1.92. The SMILES string of the molecule is CC[Si](CC)(CC)O[C@@H]1[C@@H](C2CC2)O[C@@H](c2ccncc2N)C[C@H]1NC(=O)O. The van der Waals surface area contributed by atoms with Gasteiger partial charge in [0.2, 0.25) is 0 Å². The molecule has 4 N–H and O–H groups in total. The van der Waals surface area contributed by atoms with E-state index >= 15 is 0 Å². The number of nitrogen functional groups attached to an aromatic ring is 1. The smallest absolute Gasteiger partial charge is 0.404 e. The first kappa shape index (κ1) is 21.1. The van der Waals surface area contributed by atoms with Crippen molar-refractivity contribution in [2.75, 3.05) is 5.73 Å². The fourth-order valence-corrected chi connectivity index (χ4v) is 7.24. The van der Waals surface area contributed by atoms with Crippen LogP contribution in [0.2, 0.25) is 18.1 Å². The van der Waals surface area contributed by atoms with Gasteiger partial charge < -0.3 is 25.3 Å². The highest BCUT2D eigenvalue weighted by Gasteiger charge is 2.50. The Hall–Kier alpha value is -1.64. The summed E-state index contributed by atoms with van der Waals surface area (Å²) < 4.78 is 13.4. The summed E-state index contributed by atoms with van der Waals surface area (Å²) in [5.41, 5.74) is 7.59. The van der Waals surface area contributed by atoms with Crippen LogP contribution in [0.25, 0.3) is 0 Å². The lowest BCUT2D eigenvalue weighted by Gasteiger charge is -2.46. The van der Waals surface area contributed by atoms with E-state index in [1.807, 2.05) is 6.07 Å². The summed E-state index contributed by atoms with van der Waals surface area (Å²) in [6.07, 6.45) is 4.40. The van der Waals surface area contributed by atoms with Crippen molar-refractivity contribution in [3.63, 3.8) is 0 Å². The van der Waals surface area contributed by atoms with Crippen LogP contribution in [0.5, 0.6) is 0 Å². The van der Waals surface area contributed by atoms with Crippen molar-refractivity contribution in [3.8, 4) is 0 Å². The van der Waals surface area contributed by atoms with Gasteiger partial charge in [-0.2, -0.15) is 0 Å². The second-order valence-corrected chi connectivity index (χ2v) is 12.8. The van der Waals surface area contributed by atoms with Gasteiger partial charge in [-0.05, 0) is 43.0 Å². The lowest BCUT2D eigenvalue weighted by atomic mass is 9.90. The number of rotatable bonds is 8. The van der Waals surface area contributed by atoms with Crippen molar-refractivity contribution in [1.29, 1.82) is 0 Å². The monoisotopic (exact) mass is 407 g/mol. The fourth-order valence-electron chi connectivity index (χ4n) is 4.37. The van der Waals surface area contributed by atoms with Crippen LogP contribution in [0.1, 0.15) is 51.7 Å². The first-order valence-electron chi connectivity index (χ1n) is 10.4. The summed E-state index contributed by atoms with van der Waals surface area (Å²) in [6.45, 7) is 6.57. The summed E-state index contributed by atoms with van der Waals surface area (Å²) in [5.74, 6) is 0.422. The zero-order valence-electron chi connectivity index (χ0n) is 17.1. The summed E-state index contributed by atoms with van der Waals surface area (Å²) in [7, 11) is -1.92. The molecule has 1 aromatic heterocycles. The van der Waals surface area contributed by atoms with E-state index in [0.29, 0.717) is 18.0 Å². The Kier molecular flexibility index (Phi) is 6.62. The number of ether oxygens (including phenoxy) is 1. The number of hydrogen-bond donors (Lipinski definition) is 3. The van der Waals surface area contributed by atoms with Crippen LogP contribution in [0, 0.1) is 5.92 Å². The number of aromatic nitrogens is 1. The molecule has 156 valence electrons. The second kappa shape index (κ2) is 8.80. The Morgan fingerprint density at radius 1 is 1.36 bits per heavy atom.